The van der Waals surface area contributed by atoms with Crippen molar-refractivity contribution >= 4 is 18.3 Å². The van der Waals surface area contributed by atoms with Gasteiger partial charge in [0, 0.05) is 0 Å². The number of amides is 1. The van der Waals surface area contributed by atoms with E-state index in [0.717, 1.165) is 0 Å². The highest BCUT2D eigenvalue weighted by Gasteiger charge is 2.19. The van der Waals surface area contributed by atoms with Crippen LogP contribution in [0, 0.1) is 5.82 Å². The lowest BCUT2D eigenvalue weighted by molar-refractivity contribution is -0.122. The lowest BCUT2D eigenvalue weighted by atomic mass is 10.1. The van der Waals surface area contributed by atoms with Crippen LogP contribution in [-0.4, -0.2) is 19.1 Å². The zero-order valence-corrected chi connectivity index (χ0v) is 11.4. The van der Waals surface area contributed by atoms with Gasteiger partial charge in [-0.2, -0.15) is 0 Å². The summed E-state index contributed by atoms with van der Waals surface area (Å²) >= 11 is 0. The summed E-state index contributed by atoms with van der Waals surface area (Å²) < 4.78 is 18.7. The van der Waals surface area contributed by atoms with E-state index in [2.05, 4.69) is 5.32 Å². The summed E-state index contributed by atoms with van der Waals surface area (Å²) in [7, 11) is 1.46. The maximum Gasteiger partial charge on any atom is 0.237 e. The Labute approximate surface area is 112 Å². The molecule has 2 atom stereocenters. The molecule has 1 amide bonds. The van der Waals surface area contributed by atoms with Crippen LogP contribution in [0.4, 0.5) is 4.39 Å². The third-order valence-corrected chi connectivity index (χ3v) is 2.44. The summed E-state index contributed by atoms with van der Waals surface area (Å²) in [6.45, 7) is 3.25. The Morgan fingerprint density at radius 2 is 2.06 bits per heavy atom. The Hall–Kier alpha value is -1.33. The molecule has 1 unspecified atom stereocenters. The largest absolute Gasteiger partial charge is 0.496 e. The Kier molecular flexibility index (Phi) is 6.65. The van der Waals surface area contributed by atoms with Gasteiger partial charge in [-0.3, -0.25) is 4.79 Å². The predicted molar refractivity (Wildman–Crippen MR) is 70.4 cm³/mol. The lowest BCUT2D eigenvalue weighted by Gasteiger charge is -2.19. The number of hydrogen-bond acceptors (Lipinski definition) is 3. The zero-order valence-electron chi connectivity index (χ0n) is 10.6. The number of ether oxygens (including phenoxy) is 1. The Bertz CT molecular complexity index is 413. The number of carbonyl (C=O) groups is 1. The average molecular weight is 277 g/mol. The molecule has 18 heavy (non-hydrogen) atoms. The summed E-state index contributed by atoms with van der Waals surface area (Å²) in [6.07, 6.45) is 0. The molecule has 0 aliphatic heterocycles. The SMILES string of the molecule is COc1cccc(F)c1C(C)NC(=O)[C@H](C)N.Cl. The molecule has 6 heteroatoms. The fourth-order valence-electron chi connectivity index (χ4n) is 1.53. The fraction of sp³-hybridized carbons (Fsp3) is 0.417. The van der Waals surface area contributed by atoms with Crippen molar-refractivity contribution < 1.29 is 13.9 Å². The van der Waals surface area contributed by atoms with Crippen molar-refractivity contribution in [3.63, 3.8) is 0 Å². The molecule has 0 bridgehead atoms. The first-order valence-electron chi connectivity index (χ1n) is 5.35. The van der Waals surface area contributed by atoms with Crippen LogP contribution in [-0.2, 0) is 4.79 Å². The van der Waals surface area contributed by atoms with Crippen LogP contribution in [0.15, 0.2) is 18.2 Å². The first kappa shape index (κ1) is 16.7. The molecule has 0 aromatic heterocycles. The number of hydrogen-bond donors (Lipinski definition) is 2. The molecule has 0 fully saturated rings. The molecule has 4 nitrogen and oxygen atoms in total. The molecule has 3 N–H and O–H groups in total. The molecule has 0 aliphatic rings. The Balaban J connectivity index is 0.00000289. The fourth-order valence-corrected chi connectivity index (χ4v) is 1.53. The number of halogens is 2. The van der Waals surface area contributed by atoms with Crippen LogP contribution in [0.3, 0.4) is 0 Å². The van der Waals surface area contributed by atoms with E-state index in [1.54, 1.807) is 26.0 Å². The normalized spacial score (nSPS) is 13.2. The first-order chi connectivity index (χ1) is 7.97. The summed E-state index contributed by atoms with van der Waals surface area (Å²) in [4.78, 5) is 11.4. The summed E-state index contributed by atoms with van der Waals surface area (Å²) in [5.41, 5.74) is 5.76. The highest BCUT2D eigenvalue weighted by Crippen LogP contribution is 2.27. The van der Waals surface area contributed by atoms with E-state index in [0.29, 0.717) is 11.3 Å². The van der Waals surface area contributed by atoms with E-state index in [4.69, 9.17) is 10.5 Å². The quantitative estimate of drug-likeness (QED) is 0.881. The molecule has 1 aromatic carbocycles. The van der Waals surface area contributed by atoms with Gasteiger partial charge in [-0.25, -0.2) is 4.39 Å². The van der Waals surface area contributed by atoms with E-state index < -0.39 is 17.9 Å². The number of benzene rings is 1. The van der Waals surface area contributed by atoms with E-state index in [-0.39, 0.29) is 18.3 Å². The maximum atomic E-state index is 13.7. The van der Waals surface area contributed by atoms with E-state index in [1.165, 1.54) is 13.2 Å². The Morgan fingerprint density at radius 1 is 1.44 bits per heavy atom. The number of rotatable bonds is 4. The van der Waals surface area contributed by atoms with E-state index >= 15 is 0 Å². The summed E-state index contributed by atoms with van der Waals surface area (Å²) in [5.74, 6) is -0.341. The van der Waals surface area contributed by atoms with Crippen LogP contribution in [0.25, 0.3) is 0 Å². The number of nitrogens with one attached hydrogen (secondary N) is 1. The molecule has 0 heterocycles. The topological polar surface area (TPSA) is 64.3 Å². The predicted octanol–water partition coefficient (Wildman–Crippen LogP) is 1.78. The van der Waals surface area contributed by atoms with Crippen molar-refractivity contribution in [2.24, 2.45) is 5.73 Å². The van der Waals surface area contributed by atoms with Gasteiger partial charge in [-0.05, 0) is 26.0 Å². The van der Waals surface area contributed by atoms with Crippen molar-refractivity contribution in [3.8, 4) is 5.75 Å². The van der Waals surface area contributed by atoms with E-state index in [9.17, 15) is 9.18 Å². The smallest absolute Gasteiger partial charge is 0.237 e. The molecule has 0 saturated heterocycles. The summed E-state index contributed by atoms with van der Waals surface area (Å²) in [6, 6.07) is 3.40. The molecular formula is C12H18ClFN2O2. The monoisotopic (exact) mass is 276 g/mol. The second-order valence-corrected chi connectivity index (χ2v) is 3.87. The number of carbonyl (C=O) groups excluding carboxylic acids is 1. The molecule has 1 aromatic rings. The standard InChI is InChI=1S/C12H17FN2O2.ClH/c1-7(14)12(16)15-8(2)11-9(13)5-4-6-10(11)17-3;/h4-8H,14H2,1-3H3,(H,15,16);1H/t7-,8?;/m0./s1. The molecule has 0 spiro atoms. The van der Waals surface area contributed by atoms with Crippen LogP contribution in [0.5, 0.6) is 5.75 Å². The molecule has 0 aliphatic carbocycles. The van der Waals surface area contributed by atoms with E-state index in [1.807, 2.05) is 0 Å². The third kappa shape index (κ3) is 3.85. The van der Waals surface area contributed by atoms with Crippen molar-refractivity contribution in [2.45, 2.75) is 25.9 Å². The van der Waals surface area contributed by atoms with Crippen LogP contribution < -0.4 is 15.8 Å². The molecular weight excluding hydrogens is 259 g/mol. The second kappa shape index (κ2) is 7.18. The highest BCUT2D eigenvalue weighted by atomic mass is 35.5. The molecule has 102 valence electrons. The van der Waals surface area contributed by atoms with Crippen LogP contribution >= 0.6 is 12.4 Å². The van der Waals surface area contributed by atoms with Crippen molar-refractivity contribution in [1.29, 1.82) is 0 Å². The number of nitrogens with two attached hydrogens (primary N) is 1. The molecule has 0 radical (unpaired) electrons. The van der Waals surface area contributed by atoms with Gasteiger partial charge in [-0.15, -0.1) is 12.4 Å². The van der Waals surface area contributed by atoms with Gasteiger partial charge in [0.2, 0.25) is 5.91 Å². The van der Waals surface area contributed by atoms with Gasteiger partial charge < -0.3 is 15.8 Å². The van der Waals surface area contributed by atoms with Gasteiger partial charge in [0.15, 0.2) is 0 Å². The minimum absolute atomic E-state index is 0. The van der Waals surface area contributed by atoms with Crippen molar-refractivity contribution in [1.82, 2.24) is 5.32 Å². The number of methoxy groups -OCH3 is 1. The van der Waals surface area contributed by atoms with Gasteiger partial charge in [-0.1, -0.05) is 6.07 Å². The van der Waals surface area contributed by atoms with Crippen molar-refractivity contribution in [3.05, 3.63) is 29.6 Å². The van der Waals surface area contributed by atoms with Crippen molar-refractivity contribution in [2.75, 3.05) is 7.11 Å². The highest BCUT2D eigenvalue weighted by molar-refractivity contribution is 5.85. The first-order valence-corrected chi connectivity index (χ1v) is 5.35. The molecule has 1 rings (SSSR count). The third-order valence-electron chi connectivity index (χ3n) is 2.44. The minimum atomic E-state index is -0.629. The van der Waals surface area contributed by atoms with Gasteiger partial charge in [0.1, 0.15) is 11.6 Å². The molecule has 0 saturated carbocycles. The summed E-state index contributed by atoms with van der Waals surface area (Å²) in [5, 5.41) is 2.63. The average Bonchev–Trinajstić information content (AvgIpc) is 2.27. The van der Waals surface area contributed by atoms with Crippen LogP contribution in [0.2, 0.25) is 0 Å². The van der Waals surface area contributed by atoms with Gasteiger partial charge in [0.25, 0.3) is 0 Å². The van der Waals surface area contributed by atoms with Gasteiger partial charge >= 0.3 is 0 Å². The second-order valence-electron chi connectivity index (χ2n) is 3.87. The van der Waals surface area contributed by atoms with Crippen LogP contribution in [0.1, 0.15) is 25.5 Å². The zero-order chi connectivity index (χ0) is 13.0. The Morgan fingerprint density at radius 3 is 2.56 bits per heavy atom. The lowest BCUT2D eigenvalue weighted by Crippen LogP contribution is -2.39. The minimum Gasteiger partial charge on any atom is -0.496 e. The van der Waals surface area contributed by atoms with Gasteiger partial charge in [0.05, 0.1) is 24.8 Å². The maximum absolute atomic E-state index is 13.7.